The Labute approximate surface area is 171 Å². The van der Waals surface area contributed by atoms with Gasteiger partial charge in [-0.2, -0.15) is 0 Å². The molecule has 1 heterocycles. The number of carbonyl (C=O) groups excluding carboxylic acids is 1. The van der Waals surface area contributed by atoms with Gasteiger partial charge in [0.15, 0.2) is 5.11 Å². The Morgan fingerprint density at radius 3 is 2.50 bits per heavy atom. The summed E-state index contributed by atoms with van der Waals surface area (Å²) in [7, 11) is 2.15. The zero-order chi connectivity index (χ0) is 19.9. The van der Waals surface area contributed by atoms with Gasteiger partial charge in [-0.3, -0.25) is 10.1 Å². The van der Waals surface area contributed by atoms with Crippen molar-refractivity contribution in [3.05, 3.63) is 54.1 Å². The number of benzene rings is 2. The average molecular weight is 399 g/mol. The summed E-state index contributed by atoms with van der Waals surface area (Å²) >= 11 is 5.28. The van der Waals surface area contributed by atoms with Crippen LogP contribution < -0.4 is 20.3 Å². The lowest BCUT2D eigenvalue weighted by atomic mass is 10.2. The third-order valence-corrected chi connectivity index (χ3v) is 4.83. The Bertz CT molecular complexity index is 817. The van der Waals surface area contributed by atoms with Crippen LogP contribution >= 0.6 is 12.2 Å². The lowest BCUT2D eigenvalue weighted by Gasteiger charge is -2.34. The molecule has 1 saturated heterocycles. The topological polar surface area (TPSA) is 56.8 Å². The van der Waals surface area contributed by atoms with E-state index in [1.807, 2.05) is 25.1 Å². The Morgan fingerprint density at radius 2 is 1.82 bits per heavy atom. The van der Waals surface area contributed by atoms with Crippen molar-refractivity contribution >= 4 is 34.6 Å². The molecule has 1 amide bonds. The van der Waals surface area contributed by atoms with E-state index in [0.717, 1.165) is 31.9 Å². The fourth-order valence-corrected chi connectivity index (χ4v) is 3.26. The van der Waals surface area contributed by atoms with Crippen LogP contribution in [0.15, 0.2) is 48.5 Å². The summed E-state index contributed by atoms with van der Waals surface area (Å²) < 4.78 is 5.43. The second kappa shape index (κ2) is 9.52. The van der Waals surface area contributed by atoms with Crippen molar-refractivity contribution in [2.75, 3.05) is 50.1 Å². The minimum atomic E-state index is -0.270. The summed E-state index contributed by atoms with van der Waals surface area (Å²) in [4.78, 5) is 17.1. The van der Waals surface area contributed by atoms with Crippen molar-refractivity contribution in [1.82, 2.24) is 10.2 Å². The highest BCUT2D eigenvalue weighted by Crippen LogP contribution is 2.19. The van der Waals surface area contributed by atoms with E-state index < -0.39 is 0 Å². The van der Waals surface area contributed by atoms with E-state index in [2.05, 4.69) is 39.6 Å². The zero-order valence-corrected chi connectivity index (χ0v) is 17.1. The van der Waals surface area contributed by atoms with Crippen molar-refractivity contribution in [1.29, 1.82) is 0 Å². The van der Waals surface area contributed by atoms with Gasteiger partial charge in [-0.25, -0.2) is 0 Å². The number of nitrogens with zero attached hydrogens (tertiary/aromatic N) is 2. The molecule has 1 fully saturated rings. The number of ether oxygens (including phenoxy) is 1. The Balaban J connectivity index is 1.54. The van der Waals surface area contributed by atoms with Crippen LogP contribution in [0.5, 0.6) is 5.75 Å². The van der Waals surface area contributed by atoms with E-state index in [1.165, 1.54) is 5.69 Å². The molecule has 0 spiro atoms. The Kier molecular flexibility index (Phi) is 6.84. The largest absolute Gasteiger partial charge is 0.494 e. The average Bonchev–Trinajstić information content (AvgIpc) is 2.70. The number of amides is 1. The summed E-state index contributed by atoms with van der Waals surface area (Å²) in [6.45, 7) is 6.65. The van der Waals surface area contributed by atoms with Gasteiger partial charge < -0.3 is 19.9 Å². The second-order valence-corrected chi connectivity index (χ2v) is 7.11. The molecule has 7 heteroatoms. The molecule has 6 nitrogen and oxygen atoms in total. The molecule has 3 rings (SSSR count). The minimum Gasteiger partial charge on any atom is -0.494 e. The number of carbonyl (C=O) groups is 1. The maximum atomic E-state index is 12.4. The van der Waals surface area contributed by atoms with Crippen LogP contribution in [0, 0.1) is 0 Å². The van der Waals surface area contributed by atoms with E-state index in [9.17, 15) is 4.79 Å². The summed E-state index contributed by atoms with van der Waals surface area (Å²) in [6.07, 6.45) is 0. The molecule has 0 saturated carbocycles. The first-order valence-corrected chi connectivity index (χ1v) is 9.84. The van der Waals surface area contributed by atoms with E-state index in [1.54, 1.807) is 18.2 Å². The normalized spacial score (nSPS) is 14.4. The summed E-state index contributed by atoms with van der Waals surface area (Å²) in [6, 6.07) is 15.1. The predicted octanol–water partition coefficient (Wildman–Crippen LogP) is 2.96. The van der Waals surface area contributed by atoms with Gasteiger partial charge in [0.25, 0.3) is 5.91 Å². The lowest BCUT2D eigenvalue weighted by molar-refractivity contribution is 0.0977. The molecular weight excluding hydrogens is 372 g/mol. The number of piperazine rings is 1. The summed E-state index contributed by atoms with van der Waals surface area (Å²) in [5.41, 5.74) is 2.54. The number of thiocarbonyl (C=S) groups is 1. The molecule has 1 aliphatic rings. The quantitative estimate of drug-likeness (QED) is 0.756. The highest BCUT2D eigenvalue weighted by molar-refractivity contribution is 7.80. The van der Waals surface area contributed by atoms with Crippen molar-refractivity contribution in [2.45, 2.75) is 6.92 Å². The van der Waals surface area contributed by atoms with Gasteiger partial charge in [-0.05, 0) is 68.7 Å². The standard InChI is InChI=1S/C21H26N4O2S/c1-3-27-19-6-4-5-16(15-19)20(26)23-21(28)22-17-7-9-18(10-8-17)25-13-11-24(2)12-14-25/h4-10,15H,3,11-14H2,1-2H3,(H2,22,23,26,28). The molecule has 0 aliphatic carbocycles. The highest BCUT2D eigenvalue weighted by atomic mass is 32.1. The van der Waals surface area contributed by atoms with Gasteiger partial charge in [-0.1, -0.05) is 6.07 Å². The summed E-state index contributed by atoms with van der Waals surface area (Å²) in [5.74, 6) is 0.390. The third kappa shape index (κ3) is 5.43. The first-order valence-electron chi connectivity index (χ1n) is 9.44. The molecule has 2 aromatic rings. The molecule has 148 valence electrons. The smallest absolute Gasteiger partial charge is 0.257 e. The molecule has 1 aliphatic heterocycles. The first kappa shape index (κ1) is 20.1. The number of rotatable bonds is 5. The maximum Gasteiger partial charge on any atom is 0.257 e. The maximum absolute atomic E-state index is 12.4. The second-order valence-electron chi connectivity index (χ2n) is 6.71. The Morgan fingerprint density at radius 1 is 1.11 bits per heavy atom. The predicted molar refractivity (Wildman–Crippen MR) is 117 cm³/mol. The van der Waals surface area contributed by atoms with Gasteiger partial charge in [0, 0.05) is 43.1 Å². The van der Waals surface area contributed by atoms with Crippen LogP contribution in [0.4, 0.5) is 11.4 Å². The molecule has 28 heavy (non-hydrogen) atoms. The SMILES string of the molecule is CCOc1cccc(C(=O)NC(=S)Nc2ccc(N3CCN(C)CC3)cc2)c1. The van der Waals surface area contributed by atoms with Gasteiger partial charge in [0.05, 0.1) is 6.61 Å². The van der Waals surface area contributed by atoms with Crippen molar-refractivity contribution in [2.24, 2.45) is 0 Å². The molecule has 0 bridgehead atoms. The fraction of sp³-hybridized carbons (Fsp3) is 0.333. The molecule has 2 aromatic carbocycles. The fourth-order valence-electron chi connectivity index (χ4n) is 3.05. The number of hydrogen-bond donors (Lipinski definition) is 2. The van der Waals surface area contributed by atoms with E-state index in [0.29, 0.717) is 17.9 Å². The first-order chi connectivity index (χ1) is 13.5. The number of anilines is 2. The van der Waals surface area contributed by atoms with Crippen LogP contribution in [-0.4, -0.2) is 55.8 Å². The van der Waals surface area contributed by atoms with Gasteiger partial charge in [0.2, 0.25) is 0 Å². The van der Waals surface area contributed by atoms with Crippen molar-refractivity contribution in [3.63, 3.8) is 0 Å². The van der Waals surface area contributed by atoms with Crippen LogP contribution in [0.2, 0.25) is 0 Å². The van der Waals surface area contributed by atoms with Crippen molar-refractivity contribution < 1.29 is 9.53 Å². The number of nitrogens with one attached hydrogen (secondary N) is 2. The molecule has 0 atom stereocenters. The van der Waals surface area contributed by atoms with E-state index in [-0.39, 0.29) is 11.0 Å². The Hall–Kier alpha value is -2.64. The van der Waals surface area contributed by atoms with Crippen molar-refractivity contribution in [3.8, 4) is 5.75 Å². The zero-order valence-electron chi connectivity index (χ0n) is 16.3. The minimum absolute atomic E-state index is 0.263. The summed E-state index contributed by atoms with van der Waals surface area (Å²) in [5, 5.41) is 6.03. The van der Waals surface area contributed by atoms with Gasteiger partial charge in [0.1, 0.15) is 5.75 Å². The van der Waals surface area contributed by atoms with Crippen LogP contribution in [0.25, 0.3) is 0 Å². The molecule has 0 unspecified atom stereocenters. The van der Waals surface area contributed by atoms with E-state index >= 15 is 0 Å². The lowest BCUT2D eigenvalue weighted by Crippen LogP contribution is -2.44. The number of hydrogen-bond acceptors (Lipinski definition) is 5. The highest BCUT2D eigenvalue weighted by Gasteiger charge is 2.14. The molecule has 0 radical (unpaired) electrons. The molecular formula is C21H26N4O2S. The number of likely N-dealkylation sites (N-methyl/N-ethyl adjacent to an activating group) is 1. The van der Waals surface area contributed by atoms with Crippen LogP contribution in [-0.2, 0) is 0 Å². The van der Waals surface area contributed by atoms with Gasteiger partial charge >= 0.3 is 0 Å². The van der Waals surface area contributed by atoms with E-state index in [4.69, 9.17) is 17.0 Å². The van der Waals surface area contributed by atoms with Crippen LogP contribution in [0.3, 0.4) is 0 Å². The third-order valence-electron chi connectivity index (χ3n) is 4.63. The van der Waals surface area contributed by atoms with Crippen LogP contribution in [0.1, 0.15) is 17.3 Å². The van der Waals surface area contributed by atoms with Gasteiger partial charge in [-0.15, -0.1) is 0 Å². The monoisotopic (exact) mass is 398 g/mol. The molecule has 2 N–H and O–H groups in total. The molecule has 0 aromatic heterocycles.